The first-order valence-corrected chi connectivity index (χ1v) is 3.55. The Balaban J connectivity index is 4.48. The van der Waals surface area contributed by atoms with Gasteiger partial charge in [-0.05, 0) is 13.8 Å². The predicted molar refractivity (Wildman–Crippen MR) is 37.0 cm³/mol. The number of carboxylic acid groups (broad SMARTS) is 1. The summed E-state index contributed by atoms with van der Waals surface area (Å²) in [4.78, 5) is 10.1. The van der Waals surface area contributed by atoms with E-state index in [1.54, 1.807) is 0 Å². The van der Waals surface area contributed by atoms with E-state index >= 15 is 0 Å². The number of alkyl halides is 4. The van der Waals surface area contributed by atoms with E-state index < -0.39 is 30.2 Å². The Bertz CT molecular complexity index is 197. The van der Waals surface area contributed by atoms with Crippen LogP contribution in [0.15, 0.2) is 0 Å². The molecule has 0 aliphatic rings. The zero-order valence-corrected chi connectivity index (χ0v) is 7.15. The highest BCUT2D eigenvalue weighted by molar-refractivity contribution is 5.70. The van der Waals surface area contributed by atoms with Crippen molar-refractivity contribution in [2.45, 2.75) is 32.1 Å². The number of rotatable bonds is 4. The third-order valence-electron chi connectivity index (χ3n) is 1.55. The summed E-state index contributed by atoms with van der Waals surface area (Å²) in [5.74, 6) is -11.3. The molecule has 13 heavy (non-hydrogen) atoms. The molecule has 0 amide bonds. The Kier molecular flexibility index (Phi) is 3.29. The maximum atomic E-state index is 12.7. The van der Waals surface area contributed by atoms with Crippen LogP contribution >= 0.6 is 0 Å². The third-order valence-corrected chi connectivity index (χ3v) is 1.55. The molecule has 0 saturated heterocycles. The van der Waals surface area contributed by atoms with Crippen LogP contribution in [0.1, 0.15) is 20.3 Å². The van der Waals surface area contributed by atoms with Crippen molar-refractivity contribution < 1.29 is 27.5 Å². The lowest BCUT2D eigenvalue weighted by atomic mass is 9.98. The molecule has 6 heteroatoms. The fourth-order valence-electron chi connectivity index (χ4n) is 0.748. The third kappa shape index (κ3) is 4.10. The highest BCUT2D eigenvalue weighted by atomic mass is 19.3. The Labute approximate surface area is 72.5 Å². The molecular formula is C7H10F4O2. The largest absolute Gasteiger partial charge is 0.481 e. The van der Waals surface area contributed by atoms with Gasteiger partial charge in [0.25, 0.3) is 11.8 Å². The zero-order chi connectivity index (χ0) is 10.9. The van der Waals surface area contributed by atoms with Gasteiger partial charge in [0, 0.05) is 0 Å². The normalized spacial score (nSPS) is 15.5. The minimum atomic E-state index is -3.88. The van der Waals surface area contributed by atoms with Gasteiger partial charge in [-0.3, -0.25) is 4.79 Å². The average molecular weight is 202 g/mol. The van der Waals surface area contributed by atoms with Crippen molar-refractivity contribution in [3.05, 3.63) is 0 Å². The van der Waals surface area contributed by atoms with Crippen molar-refractivity contribution in [1.29, 1.82) is 0 Å². The van der Waals surface area contributed by atoms with Gasteiger partial charge in [0.2, 0.25) is 0 Å². The molecule has 0 bridgehead atoms. The van der Waals surface area contributed by atoms with Crippen LogP contribution in [0.3, 0.4) is 0 Å². The average Bonchev–Trinajstić information content (AvgIpc) is 1.80. The van der Waals surface area contributed by atoms with Crippen LogP contribution in [0.4, 0.5) is 17.6 Å². The molecule has 0 spiro atoms. The lowest BCUT2D eigenvalue weighted by Crippen LogP contribution is -2.37. The fourth-order valence-corrected chi connectivity index (χ4v) is 0.748. The van der Waals surface area contributed by atoms with Crippen molar-refractivity contribution in [2.24, 2.45) is 5.92 Å². The summed E-state index contributed by atoms with van der Waals surface area (Å²) in [7, 11) is 0. The summed E-state index contributed by atoms with van der Waals surface area (Å²) in [5, 5.41) is 8.19. The minimum absolute atomic E-state index is 0.329. The highest BCUT2D eigenvalue weighted by Crippen LogP contribution is 2.35. The van der Waals surface area contributed by atoms with Gasteiger partial charge >= 0.3 is 5.97 Å². The number of aliphatic carboxylic acids is 1. The summed E-state index contributed by atoms with van der Waals surface area (Å²) in [6.45, 7) is 1.03. The number of hydrogen-bond donors (Lipinski definition) is 1. The second kappa shape index (κ2) is 3.51. The number of halogens is 4. The van der Waals surface area contributed by atoms with Crippen LogP contribution in [0.25, 0.3) is 0 Å². The van der Waals surface area contributed by atoms with Gasteiger partial charge in [0.15, 0.2) is 0 Å². The molecule has 78 valence electrons. The molecule has 1 atom stereocenters. The Morgan fingerprint density at radius 2 is 1.77 bits per heavy atom. The first-order chi connectivity index (χ1) is 5.56. The molecule has 2 nitrogen and oxygen atoms in total. The first kappa shape index (κ1) is 12.2. The zero-order valence-electron chi connectivity index (χ0n) is 7.15. The molecule has 0 aliphatic carbocycles. The molecule has 0 fully saturated rings. The molecule has 0 rings (SSSR count). The molecule has 0 heterocycles. The highest BCUT2D eigenvalue weighted by Gasteiger charge is 2.47. The van der Waals surface area contributed by atoms with Crippen LogP contribution in [0, 0.1) is 5.92 Å². The van der Waals surface area contributed by atoms with Gasteiger partial charge in [-0.1, -0.05) is 0 Å². The summed E-state index contributed by atoms with van der Waals surface area (Å²) in [5.41, 5.74) is 0. The maximum absolute atomic E-state index is 12.7. The Morgan fingerprint density at radius 3 is 2.00 bits per heavy atom. The Hall–Kier alpha value is -0.810. The molecule has 0 aromatic carbocycles. The SMILES string of the molecule is CC(C(=O)O)C(F)(F)CC(C)(F)F. The first-order valence-electron chi connectivity index (χ1n) is 3.55. The lowest BCUT2D eigenvalue weighted by Gasteiger charge is -2.23. The molecule has 0 radical (unpaired) electrons. The lowest BCUT2D eigenvalue weighted by molar-refractivity contribution is -0.166. The topological polar surface area (TPSA) is 37.3 Å². The van der Waals surface area contributed by atoms with E-state index in [1.165, 1.54) is 0 Å². The van der Waals surface area contributed by atoms with E-state index in [1.807, 2.05) is 0 Å². The van der Waals surface area contributed by atoms with E-state index in [9.17, 15) is 22.4 Å². The molecule has 0 saturated carbocycles. The summed E-state index contributed by atoms with van der Waals surface area (Å²) in [6.07, 6.45) is -1.74. The van der Waals surface area contributed by atoms with Crippen molar-refractivity contribution in [3.63, 3.8) is 0 Å². The van der Waals surface area contributed by atoms with Gasteiger partial charge in [-0.15, -0.1) is 0 Å². The number of carbonyl (C=O) groups is 1. The summed E-state index contributed by atoms with van der Waals surface area (Å²) in [6, 6.07) is 0. The Morgan fingerprint density at radius 1 is 1.38 bits per heavy atom. The van der Waals surface area contributed by atoms with Crippen molar-refractivity contribution in [2.75, 3.05) is 0 Å². The molecule has 0 aromatic heterocycles. The van der Waals surface area contributed by atoms with Crippen LogP contribution in [0.5, 0.6) is 0 Å². The van der Waals surface area contributed by atoms with Gasteiger partial charge in [-0.2, -0.15) is 0 Å². The van der Waals surface area contributed by atoms with E-state index in [0.29, 0.717) is 13.8 Å². The fraction of sp³-hybridized carbons (Fsp3) is 0.857. The monoisotopic (exact) mass is 202 g/mol. The molecular weight excluding hydrogens is 192 g/mol. The number of hydrogen-bond acceptors (Lipinski definition) is 1. The van der Waals surface area contributed by atoms with E-state index in [2.05, 4.69) is 0 Å². The maximum Gasteiger partial charge on any atom is 0.312 e. The van der Waals surface area contributed by atoms with Crippen LogP contribution in [0.2, 0.25) is 0 Å². The van der Waals surface area contributed by atoms with E-state index in [4.69, 9.17) is 5.11 Å². The second-order valence-corrected chi connectivity index (χ2v) is 3.07. The van der Waals surface area contributed by atoms with E-state index in [-0.39, 0.29) is 0 Å². The molecule has 1 unspecified atom stereocenters. The van der Waals surface area contributed by atoms with Crippen LogP contribution in [-0.4, -0.2) is 22.9 Å². The van der Waals surface area contributed by atoms with Crippen molar-refractivity contribution >= 4 is 5.97 Å². The minimum Gasteiger partial charge on any atom is -0.481 e. The molecule has 0 aromatic rings. The molecule has 0 aliphatic heterocycles. The smallest absolute Gasteiger partial charge is 0.312 e. The van der Waals surface area contributed by atoms with Crippen LogP contribution in [-0.2, 0) is 4.79 Å². The number of carboxylic acids is 1. The van der Waals surface area contributed by atoms with Gasteiger partial charge in [-0.25, -0.2) is 17.6 Å². The summed E-state index contributed by atoms with van der Waals surface area (Å²) >= 11 is 0. The second-order valence-electron chi connectivity index (χ2n) is 3.07. The van der Waals surface area contributed by atoms with Crippen molar-refractivity contribution in [1.82, 2.24) is 0 Å². The predicted octanol–water partition coefficient (Wildman–Crippen LogP) is 2.39. The van der Waals surface area contributed by atoms with Gasteiger partial charge in [0.05, 0.1) is 6.42 Å². The van der Waals surface area contributed by atoms with Gasteiger partial charge < -0.3 is 5.11 Å². The van der Waals surface area contributed by atoms with E-state index in [0.717, 1.165) is 0 Å². The molecule has 1 N–H and O–H groups in total. The summed E-state index contributed by atoms with van der Waals surface area (Å²) < 4.78 is 49.7. The standard InChI is InChI=1S/C7H10F4O2/c1-4(5(12)13)7(10,11)3-6(2,8)9/h4H,3H2,1-2H3,(H,12,13). The van der Waals surface area contributed by atoms with Gasteiger partial charge in [0.1, 0.15) is 5.92 Å². The van der Waals surface area contributed by atoms with Crippen molar-refractivity contribution in [3.8, 4) is 0 Å². The quantitative estimate of drug-likeness (QED) is 0.710. The van der Waals surface area contributed by atoms with Crippen LogP contribution < -0.4 is 0 Å².